The first-order chi connectivity index (χ1) is 10.1. The maximum atomic E-state index is 11.9. The van der Waals surface area contributed by atoms with Crippen molar-refractivity contribution < 1.29 is 14.7 Å². The quantitative estimate of drug-likeness (QED) is 0.503. The number of thiazole rings is 1. The van der Waals surface area contributed by atoms with Crippen LogP contribution >= 0.6 is 32.9 Å². The van der Waals surface area contributed by atoms with Gasteiger partial charge in [0.1, 0.15) is 11.3 Å². The fraction of sp³-hybridized carbons (Fsp3) is 0.417. The summed E-state index contributed by atoms with van der Waals surface area (Å²) >= 11 is 1.55. The average Bonchev–Trinajstić information content (AvgIpc) is 2.94. The van der Waals surface area contributed by atoms with Gasteiger partial charge in [0, 0.05) is 18.1 Å². The number of carbonyl (C=O) groups excluding carboxylic acids is 1. The van der Waals surface area contributed by atoms with E-state index in [9.17, 15) is 9.59 Å². The van der Waals surface area contributed by atoms with E-state index in [0.717, 1.165) is 21.1 Å². The van der Waals surface area contributed by atoms with Crippen LogP contribution in [0.3, 0.4) is 0 Å². The Hall–Kier alpha value is -1.19. The number of H-pyrrole nitrogens is 1. The maximum Gasteiger partial charge on any atom is 0.304 e. The Balaban J connectivity index is 1.67. The number of carboxylic acids is 1. The van der Waals surface area contributed by atoms with E-state index in [-0.39, 0.29) is 12.3 Å². The molecule has 114 valence electrons. The Morgan fingerprint density at radius 3 is 2.90 bits per heavy atom. The smallest absolute Gasteiger partial charge is 0.304 e. The highest BCUT2D eigenvalue weighted by Crippen LogP contribution is 2.22. The second-order valence-corrected chi connectivity index (χ2v) is 8.11. The number of nitrogens with one attached hydrogen (secondary N) is 2. The Morgan fingerprint density at radius 1 is 1.43 bits per heavy atom. The number of rotatable bonds is 8. The van der Waals surface area contributed by atoms with Crippen LogP contribution in [-0.2, 0) is 4.79 Å². The summed E-state index contributed by atoms with van der Waals surface area (Å²) in [4.78, 5) is 29.5. The first-order valence-electron chi connectivity index (χ1n) is 6.27. The molecule has 6 nitrogen and oxygen atoms in total. The predicted octanol–water partition coefficient (Wildman–Crippen LogP) is 2.52. The molecule has 1 amide bonds. The van der Waals surface area contributed by atoms with Gasteiger partial charge in [-0.25, -0.2) is 4.98 Å². The normalized spacial score (nSPS) is 10.9. The molecule has 2 heterocycles. The van der Waals surface area contributed by atoms with Crippen LogP contribution in [0.15, 0.2) is 6.07 Å². The lowest BCUT2D eigenvalue weighted by Gasteiger charge is -2.03. The molecular weight excluding hydrogens is 330 g/mol. The van der Waals surface area contributed by atoms with E-state index >= 15 is 0 Å². The van der Waals surface area contributed by atoms with Crippen molar-refractivity contribution in [1.82, 2.24) is 15.3 Å². The molecule has 21 heavy (non-hydrogen) atoms. The van der Waals surface area contributed by atoms with Crippen LogP contribution in [0, 0.1) is 6.92 Å². The van der Waals surface area contributed by atoms with E-state index < -0.39 is 5.97 Å². The van der Waals surface area contributed by atoms with Crippen LogP contribution in [0.1, 0.15) is 21.9 Å². The zero-order valence-corrected chi connectivity index (χ0v) is 13.8. The number of hydrogen-bond donors (Lipinski definition) is 3. The van der Waals surface area contributed by atoms with Crippen molar-refractivity contribution >= 4 is 55.1 Å². The number of aliphatic carboxylic acids is 1. The molecule has 9 heteroatoms. The van der Waals surface area contributed by atoms with E-state index in [0.29, 0.717) is 18.0 Å². The van der Waals surface area contributed by atoms with Crippen molar-refractivity contribution in [1.29, 1.82) is 0 Å². The highest BCUT2D eigenvalue weighted by Gasteiger charge is 2.11. The molecule has 2 aromatic heterocycles. The molecule has 3 N–H and O–H groups in total. The third-order valence-corrected chi connectivity index (χ3v) is 5.81. The third-order valence-electron chi connectivity index (χ3n) is 2.49. The summed E-state index contributed by atoms with van der Waals surface area (Å²) in [6.07, 6.45) is 0.162. The van der Waals surface area contributed by atoms with E-state index in [1.807, 2.05) is 13.0 Å². The number of amides is 1. The lowest BCUT2D eigenvalue weighted by molar-refractivity contribution is -0.136. The topological polar surface area (TPSA) is 95.1 Å². The molecule has 0 radical (unpaired) electrons. The number of hydrogen-bond acceptors (Lipinski definition) is 6. The van der Waals surface area contributed by atoms with Crippen molar-refractivity contribution in [2.24, 2.45) is 0 Å². The summed E-state index contributed by atoms with van der Waals surface area (Å²) in [5.74, 6) is 0.384. The van der Waals surface area contributed by atoms with E-state index in [4.69, 9.17) is 5.11 Å². The minimum Gasteiger partial charge on any atom is -0.481 e. The first kappa shape index (κ1) is 16.2. The zero-order valence-electron chi connectivity index (χ0n) is 11.3. The van der Waals surface area contributed by atoms with Crippen LogP contribution in [0.4, 0.5) is 0 Å². The molecule has 0 saturated heterocycles. The Kier molecular flexibility index (Phi) is 5.95. The summed E-state index contributed by atoms with van der Waals surface area (Å²) in [6.45, 7) is 2.47. The Bertz CT molecular complexity index is 607. The number of aromatic amines is 1. The molecule has 2 aromatic rings. The molecule has 0 atom stereocenters. The van der Waals surface area contributed by atoms with Gasteiger partial charge < -0.3 is 15.4 Å². The second-order valence-electron chi connectivity index (χ2n) is 4.17. The van der Waals surface area contributed by atoms with Crippen molar-refractivity contribution in [3.63, 3.8) is 0 Å². The van der Waals surface area contributed by atoms with Crippen LogP contribution in [0.25, 0.3) is 10.3 Å². The standard InChI is InChI=1S/C12H15N3O3S3/c1-7-14-11-9(21-7)6-8(15-11)12(18)13-3-5-20-19-4-2-10(16)17/h6,15H,2-5H2,1H3,(H,13,18)(H,16,17). The second kappa shape index (κ2) is 7.71. The molecule has 0 unspecified atom stereocenters. The van der Waals surface area contributed by atoms with Gasteiger partial charge in [0.2, 0.25) is 0 Å². The SMILES string of the molecule is Cc1nc2[nH]c(C(=O)NCCSSCCC(=O)O)cc2s1. The fourth-order valence-corrected chi connectivity index (χ4v) is 4.31. The third kappa shape index (κ3) is 4.94. The molecule has 2 rings (SSSR count). The predicted molar refractivity (Wildman–Crippen MR) is 88.2 cm³/mol. The zero-order chi connectivity index (χ0) is 15.2. The molecule has 0 bridgehead atoms. The molecule has 0 aliphatic carbocycles. The summed E-state index contributed by atoms with van der Waals surface area (Å²) in [6, 6.07) is 1.81. The van der Waals surface area contributed by atoms with E-state index in [2.05, 4.69) is 15.3 Å². The van der Waals surface area contributed by atoms with Crippen molar-refractivity contribution in [2.75, 3.05) is 18.1 Å². The Morgan fingerprint density at radius 2 is 2.19 bits per heavy atom. The van der Waals surface area contributed by atoms with Gasteiger partial charge in [-0.15, -0.1) is 11.3 Å². The van der Waals surface area contributed by atoms with Gasteiger partial charge in [0.25, 0.3) is 5.91 Å². The van der Waals surface area contributed by atoms with Gasteiger partial charge in [0.05, 0.1) is 16.1 Å². The van der Waals surface area contributed by atoms with Gasteiger partial charge in [-0.2, -0.15) is 0 Å². The van der Waals surface area contributed by atoms with Crippen molar-refractivity contribution in [2.45, 2.75) is 13.3 Å². The first-order valence-corrected chi connectivity index (χ1v) is 9.57. The van der Waals surface area contributed by atoms with Gasteiger partial charge in [-0.1, -0.05) is 21.6 Å². The highest BCUT2D eigenvalue weighted by atomic mass is 33.1. The van der Waals surface area contributed by atoms with Gasteiger partial charge in [-0.3, -0.25) is 9.59 Å². The highest BCUT2D eigenvalue weighted by molar-refractivity contribution is 8.76. The van der Waals surface area contributed by atoms with E-state index in [1.54, 1.807) is 22.1 Å². The summed E-state index contributed by atoms with van der Waals surface area (Å²) in [5.41, 5.74) is 1.27. The summed E-state index contributed by atoms with van der Waals surface area (Å²) < 4.78 is 0.983. The van der Waals surface area contributed by atoms with Gasteiger partial charge in [0.15, 0.2) is 0 Å². The number of nitrogens with zero attached hydrogens (tertiary/aromatic N) is 1. The minimum absolute atomic E-state index is 0.144. The number of aromatic nitrogens is 2. The molecule has 0 aliphatic rings. The van der Waals surface area contributed by atoms with Crippen LogP contribution < -0.4 is 5.32 Å². The van der Waals surface area contributed by atoms with Gasteiger partial charge in [-0.05, 0) is 13.0 Å². The fourth-order valence-electron chi connectivity index (χ4n) is 1.60. The van der Waals surface area contributed by atoms with Crippen molar-refractivity contribution in [3.8, 4) is 0 Å². The minimum atomic E-state index is -0.785. The number of carboxylic acid groups (broad SMARTS) is 1. The summed E-state index contributed by atoms with van der Waals surface area (Å²) in [5, 5.41) is 12.3. The molecule has 0 aromatic carbocycles. The summed E-state index contributed by atoms with van der Waals surface area (Å²) in [7, 11) is 3.06. The molecule has 0 aliphatic heterocycles. The van der Waals surface area contributed by atoms with Crippen LogP contribution in [0.2, 0.25) is 0 Å². The largest absolute Gasteiger partial charge is 0.481 e. The van der Waals surface area contributed by atoms with Crippen LogP contribution in [0.5, 0.6) is 0 Å². The number of fused-ring (bicyclic) bond motifs is 1. The van der Waals surface area contributed by atoms with Crippen molar-refractivity contribution in [3.05, 3.63) is 16.8 Å². The molecule has 0 saturated carbocycles. The van der Waals surface area contributed by atoms with Crippen LogP contribution in [-0.4, -0.2) is 45.0 Å². The lowest BCUT2D eigenvalue weighted by Crippen LogP contribution is -2.25. The average molecular weight is 345 g/mol. The molecule has 0 fully saturated rings. The van der Waals surface area contributed by atoms with Gasteiger partial charge >= 0.3 is 5.97 Å². The van der Waals surface area contributed by atoms with E-state index in [1.165, 1.54) is 10.8 Å². The molecular formula is C12H15N3O3S3. The maximum absolute atomic E-state index is 11.9. The number of aryl methyl sites for hydroxylation is 1. The molecule has 0 spiro atoms. The Labute approximate surface area is 133 Å². The lowest BCUT2D eigenvalue weighted by atomic mass is 10.4. The number of carbonyl (C=O) groups is 2. The monoisotopic (exact) mass is 345 g/mol.